The summed E-state index contributed by atoms with van der Waals surface area (Å²) >= 11 is 3.49. The van der Waals surface area contributed by atoms with Crippen LogP contribution in [0.15, 0.2) is 22.7 Å². The van der Waals surface area contributed by atoms with Gasteiger partial charge in [-0.25, -0.2) is 4.98 Å². The second kappa shape index (κ2) is 3.09. The topological polar surface area (TPSA) is 28.7 Å². The molecule has 0 atom stereocenters. The minimum absolute atomic E-state index is 0.0679. The lowest BCUT2D eigenvalue weighted by Gasteiger charge is -2.13. The lowest BCUT2D eigenvalue weighted by atomic mass is 9.96. The quantitative estimate of drug-likeness (QED) is 0.763. The van der Waals surface area contributed by atoms with Gasteiger partial charge in [0.25, 0.3) is 0 Å². The molecule has 1 aromatic carbocycles. The van der Waals surface area contributed by atoms with E-state index in [0.717, 1.165) is 21.3 Å². The molecule has 74 valence electrons. The summed E-state index contributed by atoms with van der Waals surface area (Å²) in [6.45, 7) is 6.45. The maximum absolute atomic E-state index is 4.58. The predicted octanol–water partition coefficient (Wildman–Crippen LogP) is 3.62. The second-order valence-electron chi connectivity index (χ2n) is 4.47. The van der Waals surface area contributed by atoms with Crippen molar-refractivity contribution in [3.05, 3.63) is 28.5 Å². The Labute approximate surface area is 91.9 Å². The molecule has 14 heavy (non-hydrogen) atoms. The van der Waals surface area contributed by atoms with E-state index in [1.54, 1.807) is 0 Å². The fourth-order valence-electron chi connectivity index (χ4n) is 1.35. The SMILES string of the molecule is CC(C)(C)c1nc2c(Br)cccc2[nH]1. The molecular weight excluding hydrogens is 240 g/mol. The predicted molar refractivity (Wildman–Crippen MR) is 62.5 cm³/mol. The number of nitrogens with one attached hydrogen (secondary N) is 1. The lowest BCUT2D eigenvalue weighted by molar-refractivity contribution is 0.554. The largest absolute Gasteiger partial charge is 0.341 e. The molecular formula is C11H13BrN2. The van der Waals surface area contributed by atoms with E-state index in [2.05, 4.69) is 46.7 Å². The van der Waals surface area contributed by atoms with Crippen LogP contribution in [0.5, 0.6) is 0 Å². The molecule has 3 heteroatoms. The molecule has 0 aliphatic rings. The zero-order valence-corrected chi connectivity index (χ0v) is 10.1. The number of para-hydroxylation sites is 1. The normalized spacial score (nSPS) is 12.3. The van der Waals surface area contributed by atoms with E-state index in [4.69, 9.17) is 0 Å². The first-order valence-corrected chi connectivity index (χ1v) is 5.42. The Hall–Kier alpha value is -0.830. The number of benzene rings is 1. The zero-order valence-electron chi connectivity index (χ0n) is 8.56. The Morgan fingerprint density at radius 2 is 2.00 bits per heavy atom. The lowest BCUT2D eigenvalue weighted by Crippen LogP contribution is -2.12. The van der Waals surface area contributed by atoms with Crippen molar-refractivity contribution in [3.63, 3.8) is 0 Å². The Bertz CT molecular complexity index is 466. The Morgan fingerprint density at radius 1 is 1.29 bits per heavy atom. The molecule has 0 bridgehead atoms. The molecule has 1 aromatic heterocycles. The van der Waals surface area contributed by atoms with Gasteiger partial charge in [0.2, 0.25) is 0 Å². The molecule has 0 amide bonds. The van der Waals surface area contributed by atoms with Crippen LogP contribution in [-0.2, 0) is 5.41 Å². The Balaban J connectivity index is 2.69. The maximum Gasteiger partial charge on any atom is 0.112 e. The van der Waals surface area contributed by atoms with Gasteiger partial charge in [-0.15, -0.1) is 0 Å². The first kappa shape index (κ1) is 9.71. The minimum Gasteiger partial charge on any atom is -0.341 e. The zero-order chi connectivity index (χ0) is 10.3. The second-order valence-corrected chi connectivity index (χ2v) is 5.33. The molecule has 2 aromatic rings. The van der Waals surface area contributed by atoms with Gasteiger partial charge in [0, 0.05) is 9.89 Å². The van der Waals surface area contributed by atoms with Crippen LogP contribution in [0.3, 0.4) is 0 Å². The summed E-state index contributed by atoms with van der Waals surface area (Å²) in [4.78, 5) is 7.92. The van der Waals surface area contributed by atoms with Crippen LogP contribution in [0.2, 0.25) is 0 Å². The van der Waals surface area contributed by atoms with Crippen LogP contribution in [0.25, 0.3) is 11.0 Å². The van der Waals surface area contributed by atoms with E-state index < -0.39 is 0 Å². The van der Waals surface area contributed by atoms with Crippen LogP contribution < -0.4 is 0 Å². The Morgan fingerprint density at radius 3 is 2.57 bits per heavy atom. The molecule has 1 N–H and O–H groups in total. The fraction of sp³-hybridized carbons (Fsp3) is 0.364. The molecule has 0 spiro atoms. The molecule has 2 nitrogen and oxygen atoms in total. The highest BCUT2D eigenvalue weighted by Crippen LogP contribution is 2.26. The van der Waals surface area contributed by atoms with Gasteiger partial charge >= 0.3 is 0 Å². The number of fused-ring (bicyclic) bond motifs is 1. The van der Waals surface area contributed by atoms with Crippen molar-refractivity contribution in [1.29, 1.82) is 0 Å². The summed E-state index contributed by atoms with van der Waals surface area (Å²) in [7, 11) is 0. The number of aromatic amines is 1. The van der Waals surface area contributed by atoms with Gasteiger partial charge in [0.05, 0.1) is 5.52 Å². The molecule has 0 aliphatic carbocycles. The van der Waals surface area contributed by atoms with Gasteiger partial charge in [0.15, 0.2) is 0 Å². The first-order valence-electron chi connectivity index (χ1n) is 4.63. The third-order valence-electron chi connectivity index (χ3n) is 2.17. The summed E-state index contributed by atoms with van der Waals surface area (Å²) in [6, 6.07) is 6.06. The number of hydrogen-bond acceptors (Lipinski definition) is 1. The molecule has 2 rings (SSSR count). The van der Waals surface area contributed by atoms with E-state index in [1.807, 2.05) is 18.2 Å². The molecule has 0 saturated carbocycles. The summed E-state index contributed by atoms with van der Waals surface area (Å²) < 4.78 is 1.04. The van der Waals surface area contributed by atoms with Gasteiger partial charge < -0.3 is 4.98 Å². The van der Waals surface area contributed by atoms with Crippen LogP contribution >= 0.6 is 15.9 Å². The standard InChI is InChI=1S/C11H13BrN2/c1-11(2,3)10-13-8-6-4-5-7(12)9(8)14-10/h4-6H,1-3H3,(H,13,14). The fourth-order valence-corrected chi connectivity index (χ4v) is 1.81. The number of imidazole rings is 1. The molecule has 0 fully saturated rings. The van der Waals surface area contributed by atoms with Crippen molar-refractivity contribution in [2.75, 3.05) is 0 Å². The van der Waals surface area contributed by atoms with Crippen molar-refractivity contribution < 1.29 is 0 Å². The summed E-state index contributed by atoms with van der Waals surface area (Å²) in [5, 5.41) is 0. The number of rotatable bonds is 0. The summed E-state index contributed by atoms with van der Waals surface area (Å²) in [5.41, 5.74) is 2.17. The van der Waals surface area contributed by atoms with Crippen LogP contribution in [0, 0.1) is 0 Å². The Kier molecular flexibility index (Phi) is 2.14. The van der Waals surface area contributed by atoms with Gasteiger partial charge in [0.1, 0.15) is 11.3 Å². The van der Waals surface area contributed by atoms with Gasteiger partial charge in [-0.05, 0) is 28.1 Å². The average molecular weight is 253 g/mol. The smallest absolute Gasteiger partial charge is 0.112 e. The third kappa shape index (κ3) is 1.57. The van der Waals surface area contributed by atoms with Crippen molar-refractivity contribution >= 4 is 27.0 Å². The number of hydrogen-bond donors (Lipinski definition) is 1. The van der Waals surface area contributed by atoms with Crippen LogP contribution in [0.1, 0.15) is 26.6 Å². The monoisotopic (exact) mass is 252 g/mol. The third-order valence-corrected chi connectivity index (χ3v) is 2.81. The van der Waals surface area contributed by atoms with E-state index in [-0.39, 0.29) is 5.41 Å². The van der Waals surface area contributed by atoms with Gasteiger partial charge in [-0.3, -0.25) is 0 Å². The van der Waals surface area contributed by atoms with Crippen LogP contribution in [-0.4, -0.2) is 9.97 Å². The highest BCUT2D eigenvalue weighted by Gasteiger charge is 2.18. The summed E-state index contributed by atoms with van der Waals surface area (Å²) in [5.74, 6) is 1.03. The highest BCUT2D eigenvalue weighted by molar-refractivity contribution is 9.10. The van der Waals surface area contributed by atoms with E-state index in [0.29, 0.717) is 0 Å². The highest BCUT2D eigenvalue weighted by atomic mass is 79.9. The average Bonchev–Trinajstić information content (AvgIpc) is 2.48. The van der Waals surface area contributed by atoms with Crippen molar-refractivity contribution in [1.82, 2.24) is 9.97 Å². The van der Waals surface area contributed by atoms with E-state index >= 15 is 0 Å². The molecule has 1 heterocycles. The number of H-pyrrole nitrogens is 1. The van der Waals surface area contributed by atoms with Crippen molar-refractivity contribution in [2.24, 2.45) is 0 Å². The van der Waals surface area contributed by atoms with E-state index in [1.165, 1.54) is 0 Å². The molecule has 0 radical (unpaired) electrons. The van der Waals surface area contributed by atoms with Crippen molar-refractivity contribution in [2.45, 2.75) is 26.2 Å². The van der Waals surface area contributed by atoms with Crippen molar-refractivity contribution in [3.8, 4) is 0 Å². The number of nitrogens with zero attached hydrogens (tertiary/aromatic N) is 1. The summed E-state index contributed by atoms with van der Waals surface area (Å²) in [6.07, 6.45) is 0. The number of halogens is 1. The van der Waals surface area contributed by atoms with Crippen LogP contribution in [0.4, 0.5) is 0 Å². The first-order chi connectivity index (χ1) is 6.48. The minimum atomic E-state index is 0.0679. The number of aromatic nitrogens is 2. The molecule has 0 aliphatic heterocycles. The van der Waals surface area contributed by atoms with Gasteiger partial charge in [-0.1, -0.05) is 26.8 Å². The molecule has 0 unspecified atom stereocenters. The van der Waals surface area contributed by atoms with Gasteiger partial charge in [-0.2, -0.15) is 0 Å². The van der Waals surface area contributed by atoms with E-state index in [9.17, 15) is 0 Å². The molecule has 0 saturated heterocycles. The maximum atomic E-state index is 4.58.